The third kappa shape index (κ3) is 6.16. The van der Waals surface area contributed by atoms with Gasteiger partial charge < -0.3 is 9.32 Å². The number of nitrogens with zero attached hydrogens (tertiary/aromatic N) is 1. The van der Waals surface area contributed by atoms with Crippen LogP contribution in [0.2, 0.25) is 0 Å². The van der Waals surface area contributed by atoms with Gasteiger partial charge in [0, 0.05) is 53.4 Å². The quantitative estimate of drug-likeness (QED) is 0.155. The maximum atomic E-state index is 6.44. The van der Waals surface area contributed by atoms with E-state index in [1.807, 2.05) is 11.3 Å². The molecule has 0 radical (unpaired) electrons. The summed E-state index contributed by atoms with van der Waals surface area (Å²) in [5.41, 5.74) is 12.4. The fourth-order valence-electron chi connectivity index (χ4n) is 10.5. The molecular formula is C64H39NOS. The SMILES string of the molecule is c1ccc(-c2cccc(N(c3ccc(-c4cccc5c4sc4c6ccccc6ccc54)cc3)c3ccc4c(ccc5cc(-c6ccc7oc8c9ccccc9ccc8c7c6)ccc54)c3)c2)cc1. The second-order valence-corrected chi connectivity index (χ2v) is 18.7. The van der Waals surface area contributed by atoms with Crippen molar-refractivity contribution >= 4 is 114 Å². The molecule has 2 nitrogen and oxygen atoms in total. The molecule has 0 saturated heterocycles. The topological polar surface area (TPSA) is 16.4 Å². The summed E-state index contributed by atoms with van der Waals surface area (Å²) in [5, 5.41) is 14.7. The summed E-state index contributed by atoms with van der Waals surface area (Å²) < 4.78 is 9.11. The molecule has 0 aliphatic rings. The van der Waals surface area contributed by atoms with E-state index in [1.165, 1.54) is 91.3 Å². The molecule has 3 heteroatoms. The minimum atomic E-state index is 0.910. The summed E-state index contributed by atoms with van der Waals surface area (Å²) in [6, 6.07) is 86.5. The van der Waals surface area contributed by atoms with Crippen molar-refractivity contribution < 1.29 is 4.42 Å². The fourth-order valence-corrected chi connectivity index (χ4v) is 11.9. The van der Waals surface area contributed by atoms with E-state index in [9.17, 15) is 0 Å². The fraction of sp³-hybridized carbons (Fsp3) is 0. The maximum absolute atomic E-state index is 6.44. The molecule has 0 aliphatic carbocycles. The molecule has 0 saturated carbocycles. The largest absolute Gasteiger partial charge is 0.455 e. The van der Waals surface area contributed by atoms with Crippen molar-refractivity contribution in [2.75, 3.05) is 4.90 Å². The van der Waals surface area contributed by atoms with Gasteiger partial charge >= 0.3 is 0 Å². The molecule has 0 N–H and O–H groups in total. The Morgan fingerprint density at radius 3 is 1.70 bits per heavy atom. The van der Waals surface area contributed by atoms with Gasteiger partial charge in [-0.05, 0) is 132 Å². The van der Waals surface area contributed by atoms with Crippen LogP contribution < -0.4 is 4.90 Å². The van der Waals surface area contributed by atoms with Gasteiger partial charge in [-0.15, -0.1) is 11.3 Å². The normalized spacial score (nSPS) is 11.9. The van der Waals surface area contributed by atoms with Gasteiger partial charge in [0.25, 0.3) is 0 Å². The van der Waals surface area contributed by atoms with Crippen molar-refractivity contribution in [1.82, 2.24) is 0 Å². The Morgan fingerprint density at radius 1 is 0.284 bits per heavy atom. The summed E-state index contributed by atoms with van der Waals surface area (Å²) in [4.78, 5) is 2.40. The van der Waals surface area contributed by atoms with E-state index in [4.69, 9.17) is 4.42 Å². The average Bonchev–Trinajstić information content (AvgIpc) is 3.98. The predicted molar refractivity (Wildman–Crippen MR) is 288 cm³/mol. The Bertz CT molecular complexity index is 4280. The van der Waals surface area contributed by atoms with Crippen LogP contribution in [0.15, 0.2) is 241 Å². The van der Waals surface area contributed by atoms with Crippen LogP contribution in [0.1, 0.15) is 0 Å². The number of benzene rings is 12. The Kier molecular flexibility index (Phi) is 8.49. The van der Waals surface area contributed by atoms with Gasteiger partial charge in [-0.3, -0.25) is 0 Å². The molecule has 0 spiro atoms. The standard InChI is InChI=1S/C64H39NOS/c1-2-10-40(11-3-1)44-14-8-15-50(37-44)65(49-28-22-43(23-29-49)56-18-9-19-58-59-33-25-42-13-5-7-17-55(42)64(59)67-63(56)58)51-30-34-53-48(38-51)21-20-47-36-45(26-31-52(47)53)46-27-35-61-60(39-46)57-32-24-41-12-4-6-16-54(41)62(57)66-61/h1-39H. The lowest BCUT2D eigenvalue weighted by Gasteiger charge is -2.27. The molecule has 12 aromatic carbocycles. The first-order valence-electron chi connectivity index (χ1n) is 22.9. The second-order valence-electron chi connectivity index (χ2n) is 17.6. The second kappa shape index (κ2) is 15.0. The van der Waals surface area contributed by atoms with Gasteiger partial charge in [0.1, 0.15) is 11.2 Å². The lowest BCUT2D eigenvalue weighted by Crippen LogP contribution is -2.10. The Morgan fingerprint density at radius 2 is 0.851 bits per heavy atom. The van der Waals surface area contributed by atoms with E-state index < -0.39 is 0 Å². The van der Waals surface area contributed by atoms with Crippen LogP contribution in [-0.2, 0) is 0 Å². The lowest BCUT2D eigenvalue weighted by molar-refractivity contribution is 0.672. The first kappa shape index (κ1) is 37.8. The van der Waals surface area contributed by atoms with Crippen molar-refractivity contribution in [2.45, 2.75) is 0 Å². The van der Waals surface area contributed by atoms with E-state index in [-0.39, 0.29) is 0 Å². The minimum Gasteiger partial charge on any atom is -0.455 e. The Labute approximate surface area is 390 Å². The maximum Gasteiger partial charge on any atom is 0.143 e. The monoisotopic (exact) mass is 869 g/mol. The third-order valence-electron chi connectivity index (χ3n) is 13.8. The van der Waals surface area contributed by atoms with Gasteiger partial charge in [-0.2, -0.15) is 0 Å². The van der Waals surface area contributed by atoms with E-state index in [2.05, 4.69) is 241 Å². The first-order chi connectivity index (χ1) is 33.2. The van der Waals surface area contributed by atoms with Crippen LogP contribution in [0.3, 0.4) is 0 Å². The molecule has 2 aromatic heterocycles. The highest BCUT2D eigenvalue weighted by atomic mass is 32.1. The average molecular weight is 870 g/mol. The van der Waals surface area contributed by atoms with E-state index in [0.29, 0.717) is 0 Å². The molecule has 14 aromatic rings. The summed E-state index contributed by atoms with van der Waals surface area (Å²) in [5.74, 6) is 0. The van der Waals surface area contributed by atoms with Crippen molar-refractivity contribution in [2.24, 2.45) is 0 Å². The number of hydrogen-bond acceptors (Lipinski definition) is 3. The Hall–Kier alpha value is -8.50. The minimum absolute atomic E-state index is 0.910. The van der Waals surface area contributed by atoms with Gasteiger partial charge in [0.2, 0.25) is 0 Å². The number of thiophene rings is 1. The molecular weight excluding hydrogens is 831 g/mol. The third-order valence-corrected chi connectivity index (χ3v) is 15.1. The molecule has 0 bridgehead atoms. The van der Waals surface area contributed by atoms with Crippen LogP contribution in [0.25, 0.3) is 119 Å². The van der Waals surface area contributed by atoms with E-state index in [1.54, 1.807) is 0 Å². The first-order valence-corrected chi connectivity index (χ1v) is 23.7. The number of anilines is 3. The van der Waals surface area contributed by atoms with Crippen molar-refractivity contribution in [3.63, 3.8) is 0 Å². The predicted octanol–water partition coefficient (Wildman–Crippen LogP) is 19.0. The lowest BCUT2D eigenvalue weighted by atomic mass is 9.96. The van der Waals surface area contributed by atoms with Crippen LogP contribution in [0, 0.1) is 0 Å². The van der Waals surface area contributed by atoms with Crippen molar-refractivity contribution in [3.05, 3.63) is 237 Å². The number of rotatable bonds is 6. The summed E-state index contributed by atoms with van der Waals surface area (Å²) >= 11 is 1.90. The van der Waals surface area contributed by atoms with E-state index in [0.717, 1.165) is 44.4 Å². The van der Waals surface area contributed by atoms with Crippen LogP contribution >= 0.6 is 11.3 Å². The van der Waals surface area contributed by atoms with Gasteiger partial charge in [-0.25, -0.2) is 0 Å². The molecule has 14 rings (SSSR count). The van der Waals surface area contributed by atoms with Crippen LogP contribution in [0.5, 0.6) is 0 Å². The van der Waals surface area contributed by atoms with Crippen molar-refractivity contribution in [1.29, 1.82) is 0 Å². The van der Waals surface area contributed by atoms with Gasteiger partial charge in [-0.1, -0.05) is 176 Å². The molecule has 0 fully saturated rings. The molecule has 0 amide bonds. The van der Waals surface area contributed by atoms with Crippen molar-refractivity contribution in [3.8, 4) is 33.4 Å². The van der Waals surface area contributed by atoms with E-state index >= 15 is 0 Å². The van der Waals surface area contributed by atoms with Crippen LogP contribution in [-0.4, -0.2) is 0 Å². The molecule has 67 heavy (non-hydrogen) atoms. The molecule has 2 heterocycles. The highest BCUT2D eigenvalue weighted by molar-refractivity contribution is 7.27. The highest BCUT2D eigenvalue weighted by Crippen LogP contribution is 2.45. The number of fused-ring (bicyclic) bond motifs is 13. The molecule has 312 valence electrons. The zero-order valence-electron chi connectivity index (χ0n) is 36.3. The summed E-state index contributed by atoms with van der Waals surface area (Å²) in [7, 11) is 0. The molecule has 0 atom stereocenters. The summed E-state index contributed by atoms with van der Waals surface area (Å²) in [6.07, 6.45) is 0. The summed E-state index contributed by atoms with van der Waals surface area (Å²) in [6.45, 7) is 0. The smallest absolute Gasteiger partial charge is 0.143 e. The van der Waals surface area contributed by atoms with Gasteiger partial charge in [0.15, 0.2) is 0 Å². The number of hydrogen-bond donors (Lipinski definition) is 0. The van der Waals surface area contributed by atoms with Crippen LogP contribution in [0.4, 0.5) is 17.1 Å². The highest BCUT2D eigenvalue weighted by Gasteiger charge is 2.18. The van der Waals surface area contributed by atoms with Gasteiger partial charge in [0.05, 0.1) is 0 Å². The Balaban J connectivity index is 0.854. The zero-order valence-corrected chi connectivity index (χ0v) is 37.1. The molecule has 0 aliphatic heterocycles. The molecule has 0 unspecified atom stereocenters. The number of furan rings is 1. The zero-order chi connectivity index (χ0) is 44.0.